The predicted molar refractivity (Wildman–Crippen MR) is 108 cm³/mol. The summed E-state index contributed by atoms with van der Waals surface area (Å²) in [6.45, 7) is 4.27. The highest BCUT2D eigenvalue weighted by molar-refractivity contribution is 6.35. The number of nitrogens with zero attached hydrogens (tertiary/aromatic N) is 2. The molecule has 3 rings (SSSR count). The van der Waals surface area contributed by atoms with Crippen molar-refractivity contribution in [3.8, 4) is 17.4 Å². The lowest BCUT2D eigenvalue weighted by Gasteiger charge is -2.26. The molecule has 1 aromatic carbocycles. The molecule has 2 aromatic rings. The van der Waals surface area contributed by atoms with E-state index in [1.54, 1.807) is 30.3 Å². The Morgan fingerprint density at radius 2 is 2.04 bits per heavy atom. The molecule has 8 heteroatoms. The van der Waals surface area contributed by atoms with Crippen molar-refractivity contribution in [1.82, 2.24) is 10.2 Å². The van der Waals surface area contributed by atoms with Crippen LogP contribution in [0.3, 0.4) is 0 Å². The molecule has 1 fully saturated rings. The number of amides is 1. The first kappa shape index (κ1) is 20.4. The van der Waals surface area contributed by atoms with Gasteiger partial charge in [0, 0.05) is 42.8 Å². The third-order valence-corrected chi connectivity index (χ3v) is 4.85. The smallest absolute Gasteiger partial charge is 0.262 e. The second kappa shape index (κ2) is 9.76. The zero-order chi connectivity index (χ0) is 19.9. The van der Waals surface area contributed by atoms with Crippen molar-refractivity contribution in [2.24, 2.45) is 0 Å². The van der Waals surface area contributed by atoms with Gasteiger partial charge in [-0.25, -0.2) is 0 Å². The molecular weight excluding hydrogens is 401 g/mol. The molecule has 1 aromatic heterocycles. The molecule has 2 heterocycles. The topological polar surface area (TPSA) is 78.5 Å². The summed E-state index contributed by atoms with van der Waals surface area (Å²) in [7, 11) is 0. The van der Waals surface area contributed by atoms with E-state index in [9.17, 15) is 10.1 Å². The summed E-state index contributed by atoms with van der Waals surface area (Å²) in [6.07, 6.45) is 1.41. The van der Waals surface area contributed by atoms with Gasteiger partial charge in [-0.1, -0.05) is 23.2 Å². The number of hydrogen-bond donors (Lipinski definition) is 1. The summed E-state index contributed by atoms with van der Waals surface area (Å²) < 4.78 is 11.0. The van der Waals surface area contributed by atoms with Crippen LogP contribution in [-0.2, 0) is 9.53 Å². The highest BCUT2D eigenvalue weighted by atomic mass is 35.5. The first-order valence-corrected chi connectivity index (χ1v) is 9.58. The van der Waals surface area contributed by atoms with Gasteiger partial charge in [-0.2, -0.15) is 5.26 Å². The van der Waals surface area contributed by atoms with E-state index in [-0.39, 0.29) is 5.57 Å². The van der Waals surface area contributed by atoms with E-state index in [1.165, 1.54) is 6.08 Å². The molecule has 1 N–H and O–H groups in total. The maximum Gasteiger partial charge on any atom is 0.262 e. The number of rotatable bonds is 6. The van der Waals surface area contributed by atoms with Crippen LogP contribution in [0.15, 0.2) is 40.3 Å². The Bertz CT molecular complexity index is 912. The molecule has 0 atom stereocenters. The molecule has 0 spiro atoms. The molecule has 146 valence electrons. The highest BCUT2D eigenvalue weighted by Gasteiger charge is 2.14. The van der Waals surface area contributed by atoms with E-state index in [0.29, 0.717) is 53.4 Å². The standard InChI is InChI=1S/C20H19Cl2N3O3/c21-15-1-3-18(22)17(12-15)19-4-2-16(28-19)11-14(13-23)20(26)24-5-6-25-7-9-27-10-8-25/h1-4,11-12H,5-10H2,(H,24,26). The van der Waals surface area contributed by atoms with Crippen molar-refractivity contribution in [2.75, 3.05) is 39.4 Å². The summed E-state index contributed by atoms with van der Waals surface area (Å²) >= 11 is 12.2. The fourth-order valence-corrected chi connectivity index (χ4v) is 3.18. The SMILES string of the molecule is N#CC(=Cc1ccc(-c2cc(Cl)ccc2Cl)o1)C(=O)NCCN1CCOCC1. The van der Waals surface area contributed by atoms with Crippen LogP contribution in [-0.4, -0.2) is 50.2 Å². The van der Waals surface area contributed by atoms with Gasteiger partial charge in [0.2, 0.25) is 0 Å². The van der Waals surface area contributed by atoms with Gasteiger partial charge in [0.25, 0.3) is 5.91 Å². The molecule has 0 aliphatic carbocycles. The number of carbonyl (C=O) groups is 1. The van der Waals surface area contributed by atoms with Crippen LogP contribution in [0, 0.1) is 11.3 Å². The van der Waals surface area contributed by atoms with Crippen molar-refractivity contribution in [1.29, 1.82) is 5.26 Å². The zero-order valence-electron chi connectivity index (χ0n) is 15.1. The number of carbonyl (C=O) groups excluding carboxylic acids is 1. The minimum atomic E-state index is -0.436. The minimum absolute atomic E-state index is 0.0277. The van der Waals surface area contributed by atoms with E-state index in [1.807, 2.05) is 6.07 Å². The molecule has 1 saturated heterocycles. The minimum Gasteiger partial charge on any atom is -0.457 e. The molecule has 1 amide bonds. The first-order chi connectivity index (χ1) is 13.6. The van der Waals surface area contributed by atoms with E-state index >= 15 is 0 Å². The Kier molecular flexibility index (Phi) is 7.12. The predicted octanol–water partition coefficient (Wildman–Crippen LogP) is 3.61. The van der Waals surface area contributed by atoms with Gasteiger partial charge in [-0.15, -0.1) is 0 Å². The van der Waals surface area contributed by atoms with Gasteiger partial charge in [0.1, 0.15) is 23.2 Å². The zero-order valence-corrected chi connectivity index (χ0v) is 16.6. The Hall–Kier alpha value is -2.30. The van der Waals surface area contributed by atoms with Crippen LogP contribution in [0.5, 0.6) is 0 Å². The molecular formula is C20H19Cl2N3O3. The molecule has 1 aliphatic heterocycles. The van der Waals surface area contributed by atoms with Crippen LogP contribution in [0.2, 0.25) is 10.0 Å². The average Bonchev–Trinajstić information content (AvgIpc) is 3.17. The lowest BCUT2D eigenvalue weighted by molar-refractivity contribution is -0.117. The number of morpholine rings is 1. The maximum absolute atomic E-state index is 12.3. The number of hydrogen-bond acceptors (Lipinski definition) is 5. The number of nitriles is 1. The molecule has 28 heavy (non-hydrogen) atoms. The monoisotopic (exact) mass is 419 g/mol. The second-order valence-corrected chi connectivity index (χ2v) is 7.05. The van der Waals surface area contributed by atoms with Crippen molar-refractivity contribution in [3.63, 3.8) is 0 Å². The Morgan fingerprint density at radius 1 is 1.25 bits per heavy atom. The number of halogens is 2. The largest absolute Gasteiger partial charge is 0.457 e. The molecule has 6 nitrogen and oxygen atoms in total. The molecule has 0 unspecified atom stereocenters. The molecule has 0 radical (unpaired) electrons. The van der Waals surface area contributed by atoms with E-state index in [2.05, 4.69) is 10.2 Å². The average molecular weight is 420 g/mol. The Balaban J connectivity index is 1.64. The van der Waals surface area contributed by atoms with Crippen LogP contribution in [0.25, 0.3) is 17.4 Å². The van der Waals surface area contributed by atoms with Crippen molar-refractivity contribution in [2.45, 2.75) is 0 Å². The Morgan fingerprint density at radius 3 is 2.79 bits per heavy atom. The van der Waals surface area contributed by atoms with Crippen molar-refractivity contribution >= 4 is 35.2 Å². The number of benzene rings is 1. The van der Waals surface area contributed by atoms with Crippen LogP contribution >= 0.6 is 23.2 Å². The van der Waals surface area contributed by atoms with E-state index in [4.69, 9.17) is 32.4 Å². The van der Waals surface area contributed by atoms with Crippen LogP contribution in [0.4, 0.5) is 0 Å². The van der Waals surface area contributed by atoms with Gasteiger partial charge < -0.3 is 14.5 Å². The maximum atomic E-state index is 12.3. The summed E-state index contributed by atoms with van der Waals surface area (Å²) in [4.78, 5) is 14.5. The normalized spacial score (nSPS) is 15.2. The van der Waals surface area contributed by atoms with Gasteiger partial charge in [0.15, 0.2) is 0 Å². The van der Waals surface area contributed by atoms with Gasteiger partial charge in [-0.3, -0.25) is 9.69 Å². The fourth-order valence-electron chi connectivity index (χ4n) is 2.80. The quantitative estimate of drug-likeness (QED) is 0.571. The summed E-state index contributed by atoms with van der Waals surface area (Å²) in [5.41, 5.74) is 0.613. The Labute approximate surface area is 173 Å². The lowest BCUT2D eigenvalue weighted by atomic mass is 10.2. The first-order valence-electron chi connectivity index (χ1n) is 8.82. The number of nitrogens with one attached hydrogen (secondary N) is 1. The second-order valence-electron chi connectivity index (χ2n) is 6.21. The summed E-state index contributed by atoms with van der Waals surface area (Å²) in [5.74, 6) is 0.448. The van der Waals surface area contributed by atoms with Gasteiger partial charge >= 0.3 is 0 Å². The fraction of sp³-hybridized carbons (Fsp3) is 0.300. The van der Waals surface area contributed by atoms with Gasteiger partial charge in [-0.05, 0) is 30.3 Å². The molecule has 0 saturated carbocycles. The third-order valence-electron chi connectivity index (χ3n) is 4.29. The third kappa shape index (κ3) is 5.37. The van der Waals surface area contributed by atoms with E-state index < -0.39 is 5.91 Å². The van der Waals surface area contributed by atoms with Crippen LogP contribution < -0.4 is 5.32 Å². The van der Waals surface area contributed by atoms with Crippen molar-refractivity contribution < 1.29 is 13.9 Å². The summed E-state index contributed by atoms with van der Waals surface area (Å²) in [6, 6.07) is 10.4. The highest BCUT2D eigenvalue weighted by Crippen LogP contribution is 2.32. The molecule has 1 aliphatic rings. The summed E-state index contributed by atoms with van der Waals surface area (Å²) in [5, 5.41) is 13.1. The van der Waals surface area contributed by atoms with Crippen LogP contribution in [0.1, 0.15) is 5.76 Å². The van der Waals surface area contributed by atoms with Gasteiger partial charge in [0.05, 0.1) is 18.2 Å². The number of ether oxygens (including phenoxy) is 1. The molecule has 0 bridgehead atoms. The lowest BCUT2D eigenvalue weighted by Crippen LogP contribution is -2.41. The number of furan rings is 1. The van der Waals surface area contributed by atoms with E-state index in [0.717, 1.165) is 13.1 Å². The van der Waals surface area contributed by atoms with Crippen molar-refractivity contribution in [3.05, 3.63) is 51.7 Å².